The molecule has 0 aliphatic heterocycles. The summed E-state index contributed by atoms with van der Waals surface area (Å²) in [6.07, 6.45) is 4.94. The zero-order valence-electron chi connectivity index (χ0n) is 10.7. The summed E-state index contributed by atoms with van der Waals surface area (Å²) in [5.74, 6) is 0. The first-order chi connectivity index (χ1) is 7.86. The molecule has 90 valence electrons. The van der Waals surface area contributed by atoms with Gasteiger partial charge in [-0.3, -0.25) is 0 Å². The molecule has 0 saturated carbocycles. The molecule has 0 spiro atoms. The van der Waals surface area contributed by atoms with Crippen LogP contribution in [0, 0.1) is 4.91 Å². The van der Waals surface area contributed by atoms with Crippen molar-refractivity contribution in [1.29, 1.82) is 0 Å². The van der Waals surface area contributed by atoms with Gasteiger partial charge in [0, 0.05) is 0 Å². The van der Waals surface area contributed by atoms with Gasteiger partial charge in [-0.25, -0.2) is 0 Å². The van der Waals surface area contributed by atoms with Crippen molar-refractivity contribution in [2.45, 2.75) is 53.0 Å². The number of hydrogen-bond donors (Lipinski definition) is 0. The lowest BCUT2D eigenvalue weighted by atomic mass is 10.1. The summed E-state index contributed by atoms with van der Waals surface area (Å²) < 4.78 is 0. The Hall–Kier alpha value is -1.18. The van der Waals surface area contributed by atoms with Crippen molar-refractivity contribution in [2.75, 3.05) is 0 Å². The van der Waals surface area contributed by atoms with Gasteiger partial charge in [0.2, 0.25) is 0 Å². The maximum Gasteiger partial charge on any atom is 0.106 e. The zero-order chi connectivity index (χ0) is 12.2. The average Bonchev–Trinajstić information content (AvgIpc) is 2.35. The van der Waals surface area contributed by atoms with Crippen molar-refractivity contribution >= 4 is 0 Å². The molecule has 16 heavy (non-hydrogen) atoms. The van der Waals surface area contributed by atoms with E-state index in [0.717, 1.165) is 12.0 Å². The Balaban J connectivity index is 0.00000106. The highest BCUT2D eigenvalue weighted by molar-refractivity contribution is 5.22. The predicted octanol–water partition coefficient (Wildman–Crippen LogP) is 4.71. The zero-order valence-corrected chi connectivity index (χ0v) is 10.7. The van der Waals surface area contributed by atoms with Crippen LogP contribution in [0.15, 0.2) is 29.4 Å². The third kappa shape index (κ3) is 6.33. The van der Waals surface area contributed by atoms with E-state index in [4.69, 9.17) is 0 Å². The van der Waals surface area contributed by atoms with Gasteiger partial charge in [-0.15, -0.1) is 0 Å². The van der Waals surface area contributed by atoms with Gasteiger partial charge in [0.05, 0.1) is 0 Å². The average molecular weight is 221 g/mol. The van der Waals surface area contributed by atoms with E-state index in [9.17, 15) is 4.91 Å². The normalized spacial score (nSPS) is 9.19. The lowest BCUT2D eigenvalue weighted by Crippen LogP contribution is -1.86. The third-order valence-electron chi connectivity index (χ3n) is 2.34. The van der Waals surface area contributed by atoms with Crippen molar-refractivity contribution in [1.82, 2.24) is 0 Å². The quantitative estimate of drug-likeness (QED) is 0.505. The lowest BCUT2D eigenvalue weighted by Gasteiger charge is -2.01. The van der Waals surface area contributed by atoms with Gasteiger partial charge in [-0.1, -0.05) is 63.1 Å². The number of aryl methyl sites for hydroxylation is 1. The Bertz CT molecular complexity index is 267. The highest BCUT2D eigenvalue weighted by Crippen LogP contribution is 2.09. The second-order valence-electron chi connectivity index (χ2n) is 3.56. The monoisotopic (exact) mass is 221 g/mol. The SMILES string of the molecule is CC.CCCCCc1ccc(CN=O)cc1. The molecule has 2 nitrogen and oxygen atoms in total. The smallest absolute Gasteiger partial charge is 0.106 e. The molecular weight excluding hydrogens is 198 g/mol. The van der Waals surface area contributed by atoms with E-state index in [1.54, 1.807) is 0 Å². The molecule has 0 radical (unpaired) electrons. The van der Waals surface area contributed by atoms with Crippen LogP contribution < -0.4 is 0 Å². The van der Waals surface area contributed by atoms with Gasteiger partial charge in [0.25, 0.3) is 0 Å². The Labute approximate surface area is 99.1 Å². The summed E-state index contributed by atoms with van der Waals surface area (Å²) in [5, 5.41) is 2.86. The van der Waals surface area contributed by atoms with Crippen molar-refractivity contribution in [3.63, 3.8) is 0 Å². The fraction of sp³-hybridized carbons (Fsp3) is 0.571. The molecule has 0 N–H and O–H groups in total. The van der Waals surface area contributed by atoms with Gasteiger partial charge in [0.1, 0.15) is 6.54 Å². The van der Waals surface area contributed by atoms with Crippen LogP contribution in [0.2, 0.25) is 0 Å². The summed E-state index contributed by atoms with van der Waals surface area (Å²) >= 11 is 0. The van der Waals surface area contributed by atoms with Crippen LogP contribution in [0.25, 0.3) is 0 Å². The molecule has 2 heteroatoms. The summed E-state index contributed by atoms with van der Waals surface area (Å²) in [6.45, 7) is 6.49. The summed E-state index contributed by atoms with van der Waals surface area (Å²) in [5.41, 5.74) is 2.35. The third-order valence-corrected chi connectivity index (χ3v) is 2.34. The number of nitrogens with zero attached hydrogens (tertiary/aromatic N) is 1. The van der Waals surface area contributed by atoms with Crippen LogP contribution in [-0.4, -0.2) is 0 Å². The molecule has 0 amide bonds. The maximum atomic E-state index is 10.0. The molecular formula is C14H23NO. The van der Waals surface area contributed by atoms with E-state index < -0.39 is 0 Å². The maximum absolute atomic E-state index is 10.0. The second-order valence-corrected chi connectivity index (χ2v) is 3.56. The van der Waals surface area contributed by atoms with E-state index >= 15 is 0 Å². The number of hydrogen-bond acceptors (Lipinski definition) is 2. The molecule has 0 aliphatic carbocycles. The summed E-state index contributed by atoms with van der Waals surface area (Å²) in [6, 6.07) is 8.16. The van der Waals surface area contributed by atoms with Crippen molar-refractivity contribution in [3.8, 4) is 0 Å². The predicted molar refractivity (Wildman–Crippen MR) is 70.5 cm³/mol. The first-order valence-corrected chi connectivity index (χ1v) is 6.23. The highest BCUT2D eigenvalue weighted by atomic mass is 16.3. The molecule has 0 fully saturated rings. The van der Waals surface area contributed by atoms with Crippen molar-refractivity contribution in [2.24, 2.45) is 5.18 Å². The molecule has 1 aromatic rings. The highest BCUT2D eigenvalue weighted by Gasteiger charge is 1.94. The minimum absolute atomic E-state index is 0.287. The van der Waals surface area contributed by atoms with Crippen LogP contribution in [0.5, 0.6) is 0 Å². The van der Waals surface area contributed by atoms with E-state index in [0.29, 0.717) is 0 Å². The van der Waals surface area contributed by atoms with Gasteiger partial charge >= 0.3 is 0 Å². The minimum atomic E-state index is 0.287. The fourth-order valence-corrected chi connectivity index (χ4v) is 1.46. The van der Waals surface area contributed by atoms with Crippen molar-refractivity contribution in [3.05, 3.63) is 40.3 Å². The standard InChI is InChI=1S/C12H17NO.C2H6/c1-2-3-4-5-11-6-8-12(9-7-11)10-13-14;1-2/h6-9H,2-5,10H2,1H3;1-2H3. The Kier molecular flexibility index (Phi) is 9.58. The molecule has 0 saturated heterocycles. The first kappa shape index (κ1) is 14.8. The van der Waals surface area contributed by atoms with E-state index in [1.807, 2.05) is 26.0 Å². The number of nitroso groups, excluding NO2 is 1. The fourth-order valence-electron chi connectivity index (χ4n) is 1.46. The number of benzene rings is 1. The molecule has 0 atom stereocenters. The minimum Gasteiger partial charge on any atom is -0.150 e. The van der Waals surface area contributed by atoms with Gasteiger partial charge < -0.3 is 0 Å². The molecule has 1 aromatic carbocycles. The van der Waals surface area contributed by atoms with Crippen molar-refractivity contribution < 1.29 is 0 Å². The molecule has 0 bridgehead atoms. The number of rotatable bonds is 6. The van der Waals surface area contributed by atoms with Crippen LogP contribution in [0.3, 0.4) is 0 Å². The second kappa shape index (κ2) is 10.3. The Morgan fingerprint density at radius 2 is 1.56 bits per heavy atom. The van der Waals surface area contributed by atoms with Crippen LogP contribution in [0.4, 0.5) is 0 Å². The van der Waals surface area contributed by atoms with E-state index in [1.165, 1.54) is 24.8 Å². The molecule has 0 aromatic heterocycles. The molecule has 0 heterocycles. The van der Waals surface area contributed by atoms with Gasteiger partial charge in [-0.2, -0.15) is 4.91 Å². The van der Waals surface area contributed by atoms with Crippen LogP contribution >= 0.6 is 0 Å². The molecule has 0 unspecified atom stereocenters. The van der Waals surface area contributed by atoms with Gasteiger partial charge in [0.15, 0.2) is 0 Å². The van der Waals surface area contributed by atoms with Crippen LogP contribution in [0.1, 0.15) is 51.2 Å². The first-order valence-electron chi connectivity index (χ1n) is 6.23. The number of unbranched alkanes of at least 4 members (excludes halogenated alkanes) is 2. The largest absolute Gasteiger partial charge is 0.150 e. The molecule has 1 rings (SSSR count). The van der Waals surface area contributed by atoms with Crippen LogP contribution in [-0.2, 0) is 13.0 Å². The molecule has 0 aliphatic rings. The van der Waals surface area contributed by atoms with Gasteiger partial charge in [-0.05, 0) is 24.0 Å². The summed E-state index contributed by atoms with van der Waals surface area (Å²) in [7, 11) is 0. The van der Waals surface area contributed by atoms with E-state index in [-0.39, 0.29) is 6.54 Å². The lowest BCUT2D eigenvalue weighted by molar-refractivity contribution is 0.717. The summed E-state index contributed by atoms with van der Waals surface area (Å²) in [4.78, 5) is 10.0. The Morgan fingerprint density at radius 3 is 2.06 bits per heavy atom. The Morgan fingerprint density at radius 1 is 1.00 bits per heavy atom. The topological polar surface area (TPSA) is 29.4 Å². The van der Waals surface area contributed by atoms with E-state index in [2.05, 4.69) is 24.2 Å².